The van der Waals surface area contributed by atoms with E-state index in [1.807, 2.05) is 6.92 Å². The average Bonchev–Trinajstić information content (AvgIpc) is 2.25. The van der Waals surface area contributed by atoms with Gasteiger partial charge in [0.2, 0.25) is 0 Å². The molecule has 1 unspecified atom stereocenters. The quantitative estimate of drug-likeness (QED) is 0.652. The maximum Gasteiger partial charge on any atom is 0.326 e. The van der Waals surface area contributed by atoms with Gasteiger partial charge in [-0.1, -0.05) is 13.3 Å². The first-order chi connectivity index (χ1) is 8.43. The van der Waals surface area contributed by atoms with Crippen LogP contribution in [0.15, 0.2) is 0 Å². The number of nitrogens with zero attached hydrogens (tertiary/aromatic N) is 1. The van der Waals surface area contributed by atoms with Crippen molar-refractivity contribution in [3.63, 3.8) is 0 Å². The second-order valence-corrected chi connectivity index (χ2v) is 5.00. The highest BCUT2D eigenvalue weighted by molar-refractivity contribution is 5.82. The number of hydrogen-bond acceptors (Lipinski definition) is 3. The number of aliphatic carboxylic acids is 1. The van der Waals surface area contributed by atoms with E-state index in [9.17, 15) is 9.59 Å². The van der Waals surface area contributed by atoms with Gasteiger partial charge >= 0.3 is 12.0 Å². The van der Waals surface area contributed by atoms with Crippen LogP contribution >= 0.6 is 0 Å². The van der Waals surface area contributed by atoms with E-state index in [0.29, 0.717) is 25.3 Å². The molecule has 1 atom stereocenters. The van der Waals surface area contributed by atoms with Gasteiger partial charge in [-0.2, -0.15) is 0 Å². The third-order valence-corrected chi connectivity index (χ3v) is 3.26. The van der Waals surface area contributed by atoms with E-state index in [2.05, 4.69) is 5.32 Å². The Morgan fingerprint density at radius 3 is 2.50 bits per heavy atom. The summed E-state index contributed by atoms with van der Waals surface area (Å²) in [7, 11) is 1.64. The van der Waals surface area contributed by atoms with Crippen molar-refractivity contribution in [2.24, 2.45) is 5.92 Å². The molecule has 3 N–H and O–H groups in total. The number of urea groups is 1. The highest BCUT2D eigenvalue weighted by atomic mass is 16.4. The monoisotopic (exact) mass is 258 g/mol. The van der Waals surface area contributed by atoms with Crippen LogP contribution in [0, 0.1) is 5.92 Å². The second kappa shape index (κ2) is 6.58. The van der Waals surface area contributed by atoms with Crippen molar-refractivity contribution >= 4 is 12.0 Å². The topological polar surface area (TPSA) is 89.9 Å². The maximum absolute atomic E-state index is 11.8. The fourth-order valence-corrected chi connectivity index (χ4v) is 2.13. The van der Waals surface area contributed by atoms with E-state index >= 15 is 0 Å². The molecule has 0 aromatic heterocycles. The van der Waals surface area contributed by atoms with Crippen molar-refractivity contribution in [3.8, 4) is 0 Å². The molecule has 0 aliphatic heterocycles. The Hall–Kier alpha value is -1.30. The number of carbonyl (C=O) groups is 2. The molecule has 104 valence electrons. The minimum atomic E-state index is -1.00. The maximum atomic E-state index is 11.8. The molecule has 0 bridgehead atoms. The van der Waals surface area contributed by atoms with Gasteiger partial charge in [-0.25, -0.2) is 9.59 Å². The van der Waals surface area contributed by atoms with Gasteiger partial charge in [0.1, 0.15) is 6.04 Å². The van der Waals surface area contributed by atoms with Gasteiger partial charge < -0.3 is 20.4 Å². The summed E-state index contributed by atoms with van der Waals surface area (Å²) in [6, 6.07) is -1.19. The Morgan fingerprint density at radius 2 is 2.06 bits per heavy atom. The average molecular weight is 258 g/mol. The molecule has 0 heterocycles. The minimum absolute atomic E-state index is 0.238. The predicted octanol–water partition coefficient (Wildman–Crippen LogP) is 0.652. The molecule has 0 aromatic rings. The molecule has 1 fully saturated rings. The fourth-order valence-electron chi connectivity index (χ4n) is 2.13. The zero-order valence-electron chi connectivity index (χ0n) is 10.9. The number of carbonyl (C=O) groups excluding carboxylic acids is 1. The summed E-state index contributed by atoms with van der Waals surface area (Å²) in [6.45, 7) is 2.43. The van der Waals surface area contributed by atoms with Gasteiger partial charge in [0.25, 0.3) is 0 Å². The van der Waals surface area contributed by atoms with Crippen LogP contribution in [-0.4, -0.2) is 52.9 Å². The van der Waals surface area contributed by atoms with Gasteiger partial charge in [0.05, 0.1) is 6.10 Å². The highest BCUT2D eigenvalue weighted by Crippen LogP contribution is 2.27. The summed E-state index contributed by atoms with van der Waals surface area (Å²) in [5.41, 5.74) is 0. The lowest BCUT2D eigenvalue weighted by atomic mass is 9.82. The lowest BCUT2D eigenvalue weighted by molar-refractivity contribution is -0.139. The molecule has 1 aliphatic rings. The number of hydrogen-bond donors (Lipinski definition) is 3. The van der Waals surface area contributed by atoms with Gasteiger partial charge in [-0.3, -0.25) is 0 Å². The van der Waals surface area contributed by atoms with Crippen LogP contribution in [0.4, 0.5) is 4.79 Å². The smallest absolute Gasteiger partial charge is 0.326 e. The molecule has 2 amide bonds. The minimum Gasteiger partial charge on any atom is -0.480 e. The summed E-state index contributed by atoms with van der Waals surface area (Å²) in [4.78, 5) is 24.2. The van der Waals surface area contributed by atoms with Crippen molar-refractivity contribution in [2.45, 2.75) is 44.8 Å². The number of amides is 2. The van der Waals surface area contributed by atoms with Crippen LogP contribution < -0.4 is 5.32 Å². The van der Waals surface area contributed by atoms with E-state index in [1.54, 1.807) is 7.05 Å². The third-order valence-electron chi connectivity index (χ3n) is 3.26. The van der Waals surface area contributed by atoms with Crippen molar-refractivity contribution in [1.29, 1.82) is 0 Å². The number of rotatable bonds is 6. The van der Waals surface area contributed by atoms with Crippen molar-refractivity contribution in [3.05, 3.63) is 0 Å². The highest BCUT2D eigenvalue weighted by Gasteiger charge is 2.29. The summed E-state index contributed by atoms with van der Waals surface area (Å²) in [5, 5.41) is 20.6. The van der Waals surface area contributed by atoms with Crippen molar-refractivity contribution < 1.29 is 19.8 Å². The zero-order valence-corrected chi connectivity index (χ0v) is 10.9. The van der Waals surface area contributed by atoms with E-state index in [4.69, 9.17) is 10.2 Å². The zero-order chi connectivity index (χ0) is 13.7. The van der Waals surface area contributed by atoms with E-state index in [1.165, 1.54) is 4.90 Å². The summed E-state index contributed by atoms with van der Waals surface area (Å²) in [6.07, 6.45) is 2.33. The van der Waals surface area contributed by atoms with Gasteiger partial charge in [-0.15, -0.1) is 0 Å². The molecule has 18 heavy (non-hydrogen) atoms. The molecule has 0 saturated heterocycles. The van der Waals surface area contributed by atoms with Gasteiger partial charge in [0.15, 0.2) is 0 Å². The van der Waals surface area contributed by atoms with Crippen LogP contribution in [0.25, 0.3) is 0 Å². The van der Waals surface area contributed by atoms with E-state index < -0.39 is 12.0 Å². The standard InChI is InChI=1S/C12H22N2O4/c1-3-4-10(11(16)17)13-12(18)14(2)7-8-5-9(15)6-8/h8-10,15H,3-7H2,1-2H3,(H,13,18)(H,16,17). The number of nitrogens with one attached hydrogen (secondary N) is 1. The number of aliphatic hydroxyl groups is 1. The normalized spacial score (nSPS) is 23.9. The van der Waals surface area contributed by atoms with Crippen LogP contribution in [0.3, 0.4) is 0 Å². The fraction of sp³-hybridized carbons (Fsp3) is 0.833. The van der Waals surface area contributed by atoms with Gasteiger partial charge in [-0.05, 0) is 25.2 Å². The first-order valence-corrected chi connectivity index (χ1v) is 6.36. The summed E-state index contributed by atoms with van der Waals surface area (Å²) in [5.74, 6) is -0.678. The van der Waals surface area contributed by atoms with Crippen LogP contribution in [0.5, 0.6) is 0 Å². The molecular weight excluding hydrogens is 236 g/mol. The van der Waals surface area contributed by atoms with Crippen LogP contribution in [0.1, 0.15) is 32.6 Å². The molecular formula is C12H22N2O4. The lowest BCUT2D eigenvalue weighted by Gasteiger charge is -2.34. The Balaban J connectivity index is 2.35. The number of aliphatic hydroxyl groups excluding tert-OH is 1. The van der Waals surface area contributed by atoms with E-state index in [-0.39, 0.29) is 12.1 Å². The van der Waals surface area contributed by atoms with Crippen LogP contribution in [0.2, 0.25) is 0 Å². The number of carboxylic acids is 1. The Bertz CT molecular complexity index is 302. The van der Waals surface area contributed by atoms with Crippen molar-refractivity contribution in [1.82, 2.24) is 10.2 Å². The molecule has 0 spiro atoms. The molecule has 0 radical (unpaired) electrons. The molecule has 0 aromatic carbocycles. The predicted molar refractivity (Wildman–Crippen MR) is 66.2 cm³/mol. The molecule has 6 nitrogen and oxygen atoms in total. The molecule has 1 aliphatic carbocycles. The first kappa shape index (κ1) is 14.8. The third kappa shape index (κ3) is 4.18. The SMILES string of the molecule is CCCC(NC(=O)N(C)CC1CC(O)C1)C(=O)O. The molecule has 6 heteroatoms. The largest absolute Gasteiger partial charge is 0.480 e. The van der Waals surface area contributed by atoms with Gasteiger partial charge in [0, 0.05) is 13.6 Å². The summed E-state index contributed by atoms with van der Waals surface area (Å²) >= 11 is 0. The van der Waals surface area contributed by atoms with Crippen LogP contribution in [-0.2, 0) is 4.79 Å². The Labute approximate surface area is 107 Å². The second-order valence-electron chi connectivity index (χ2n) is 5.00. The van der Waals surface area contributed by atoms with Crippen molar-refractivity contribution in [2.75, 3.05) is 13.6 Å². The Kier molecular flexibility index (Phi) is 5.40. The molecule has 1 saturated carbocycles. The lowest BCUT2D eigenvalue weighted by Crippen LogP contribution is -2.49. The Morgan fingerprint density at radius 1 is 1.44 bits per heavy atom. The molecule has 1 rings (SSSR count). The van der Waals surface area contributed by atoms with E-state index in [0.717, 1.165) is 12.8 Å². The number of carboxylic acid groups (broad SMARTS) is 1. The summed E-state index contributed by atoms with van der Waals surface area (Å²) < 4.78 is 0. The first-order valence-electron chi connectivity index (χ1n) is 6.36.